The van der Waals surface area contributed by atoms with Gasteiger partial charge in [-0.15, -0.1) is 24.5 Å². The highest BCUT2D eigenvalue weighted by Gasteiger charge is 2.31. The number of carbonyl (C=O) groups excluding carboxylic acids is 1. The number of alkyl halides is 3. The summed E-state index contributed by atoms with van der Waals surface area (Å²) in [5.41, 5.74) is 1.72. The Morgan fingerprint density at radius 2 is 1.72 bits per heavy atom. The fourth-order valence-corrected chi connectivity index (χ4v) is 2.72. The molecule has 3 rings (SSSR count). The van der Waals surface area contributed by atoms with Gasteiger partial charge in [-0.3, -0.25) is 4.79 Å². The zero-order valence-electron chi connectivity index (χ0n) is 12.6. The van der Waals surface area contributed by atoms with E-state index in [9.17, 15) is 18.0 Å². The standard InChI is InChI=1S/C17H11F3N2O2S/c18-17(19,20)24-14-7-3-11(4-8-14)15(23)22-13-5-1-12(2-6-13)16-21-9-10-25-16/h1-10H,(H,22,23). The Hall–Kier alpha value is -2.87. The van der Waals surface area contributed by atoms with Crippen molar-refractivity contribution in [1.29, 1.82) is 0 Å². The number of hydrogen-bond acceptors (Lipinski definition) is 4. The normalized spacial score (nSPS) is 11.2. The number of halogens is 3. The Labute approximate surface area is 144 Å². The van der Waals surface area contributed by atoms with E-state index in [0.717, 1.165) is 22.7 Å². The molecule has 8 heteroatoms. The molecule has 2 aromatic carbocycles. The van der Waals surface area contributed by atoms with Crippen molar-refractivity contribution in [1.82, 2.24) is 4.98 Å². The van der Waals surface area contributed by atoms with E-state index >= 15 is 0 Å². The molecule has 3 aromatic rings. The molecule has 25 heavy (non-hydrogen) atoms. The molecule has 128 valence electrons. The molecular formula is C17H11F3N2O2S. The molecule has 0 spiro atoms. The topological polar surface area (TPSA) is 51.2 Å². The van der Waals surface area contributed by atoms with Gasteiger partial charge < -0.3 is 10.1 Å². The molecule has 0 aliphatic rings. The predicted molar refractivity (Wildman–Crippen MR) is 88.6 cm³/mol. The smallest absolute Gasteiger partial charge is 0.406 e. The Kier molecular flexibility index (Phi) is 4.71. The van der Waals surface area contributed by atoms with Crippen LogP contribution >= 0.6 is 11.3 Å². The molecule has 0 saturated heterocycles. The Bertz CT molecular complexity index is 845. The first-order valence-corrected chi connectivity index (χ1v) is 7.96. The zero-order chi connectivity index (χ0) is 17.9. The summed E-state index contributed by atoms with van der Waals surface area (Å²) in [6, 6.07) is 11.8. The lowest BCUT2D eigenvalue weighted by Gasteiger charge is -2.09. The van der Waals surface area contributed by atoms with Crippen LogP contribution in [-0.2, 0) is 0 Å². The second kappa shape index (κ2) is 6.94. The van der Waals surface area contributed by atoms with Crippen LogP contribution in [0, 0.1) is 0 Å². The van der Waals surface area contributed by atoms with Crippen molar-refractivity contribution in [2.24, 2.45) is 0 Å². The van der Waals surface area contributed by atoms with Gasteiger partial charge in [-0.25, -0.2) is 4.98 Å². The minimum atomic E-state index is -4.76. The van der Waals surface area contributed by atoms with Gasteiger partial charge in [0.2, 0.25) is 0 Å². The number of nitrogens with one attached hydrogen (secondary N) is 1. The lowest BCUT2D eigenvalue weighted by molar-refractivity contribution is -0.274. The first-order valence-electron chi connectivity index (χ1n) is 7.08. The minimum absolute atomic E-state index is 0.221. The molecule has 0 aliphatic carbocycles. The largest absolute Gasteiger partial charge is 0.573 e. The van der Waals surface area contributed by atoms with Gasteiger partial charge >= 0.3 is 6.36 Å². The van der Waals surface area contributed by atoms with Gasteiger partial charge in [0.25, 0.3) is 5.91 Å². The Balaban J connectivity index is 1.65. The number of thiazole rings is 1. The number of hydrogen-bond donors (Lipinski definition) is 1. The lowest BCUT2D eigenvalue weighted by atomic mass is 10.2. The summed E-state index contributed by atoms with van der Waals surface area (Å²) in [5, 5.41) is 5.42. The van der Waals surface area contributed by atoms with Crippen LogP contribution in [0.5, 0.6) is 5.75 Å². The van der Waals surface area contributed by atoms with E-state index in [-0.39, 0.29) is 11.3 Å². The molecule has 0 saturated carbocycles. The summed E-state index contributed by atoms with van der Waals surface area (Å²) < 4.78 is 40.1. The van der Waals surface area contributed by atoms with Crippen LogP contribution in [0.2, 0.25) is 0 Å². The monoisotopic (exact) mass is 364 g/mol. The van der Waals surface area contributed by atoms with Crippen molar-refractivity contribution in [3.63, 3.8) is 0 Å². The van der Waals surface area contributed by atoms with Gasteiger partial charge in [-0.1, -0.05) is 0 Å². The summed E-state index contributed by atoms with van der Waals surface area (Å²) in [6.45, 7) is 0. The average molecular weight is 364 g/mol. The summed E-state index contributed by atoms with van der Waals surface area (Å²) in [6.07, 6.45) is -3.05. The molecule has 1 heterocycles. The van der Waals surface area contributed by atoms with Gasteiger partial charge in [-0.2, -0.15) is 0 Å². The van der Waals surface area contributed by atoms with E-state index in [4.69, 9.17) is 0 Å². The number of carbonyl (C=O) groups is 1. The number of ether oxygens (including phenoxy) is 1. The first kappa shape index (κ1) is 17.0. The predicted octanol–water partition coefficient (Wildman–Crippen LogP) is 4.96. The molecule has 0 bridgehead atoms. The highest BCUT2D eigenvalue weighted by atomic mass is 32.1. The third-order valence-electron chi connectivity index (χ3n) is 3.17. The molecule has 1 N–H and O–H groups in total. The van der Waals surface area contributed by atoms with Crippen molar-refractivity contribution in [3.8, 4) is 16.3 Å². The fraction of sp³-hybridized carbons (Fsp3) is 0.0588. The first-order chi connectivity index (χ1) is 11.9. The third kappa shape index (κ3) is 4.57. The van der Waals surface area contributed by atoms with Crippen LogP contribution in [-0.4, -0.2) is 17.3 Å². The Morgan fingerprint density at radius 3 is 2.28 bits per heavy atom. The van der Waals surface area contributed by atoms with Crippen LogP contribution in [0.4, 0.5) is 18.9 Å². The van der Waals surface area contributed by atoms with E-state index < -0.39 is 12.3 Å². The molecule has 1 aromatic heterocycles. The molecule has 4 nitrogen and oxygen atoms in total. The maximum absolute atomic E-state index is 12.1. The Morgan fingerprint density at radius 1 is 1.04 bits per heavy atom. The number of benzene rings is 2. The minimum Gasteiger partial charge on any atom is -0.406 e. The van der Waals surface area contributed by atoms with Crippen LogP contribution in [0.3, 0.4) is 0 Å². The molecule has 1 amide bonds. The number of amides is 1. The summed E-state index contributed by atoms with van der Waals surface area (Å²) in [7, 11) is 0. The highest BCUT2D eigenvalue weighted by Crippen LogP contribution is 2.24. The van der Waals surface area contributed by atoms with Crippen LogP contribution in [0.15, 0.2) is 60.1 Å². The van der Waals surface area contributed by atoms with Crippen molar-refractivity contribution < 1.29 is 22.7 Å². The lowest BCUT2D eigenvalue weighted by Crippen LogP contribution is -2.17. The highest BCUT2D eigenvalue weighted by molar-refractivity contribution is 7.13. The van der Waals surface area contributed by atoms with Crippen LogP contribution in [0.1, 0.15) is 10.4 Å². The molecule has 0 fully saturated rings. The van der Waals surface area contributed by atoms with Crippen LogP contribution in [0.25, 0.3) is 10.6 Å². The zero-order valence-corrected chi connectivity index (χ0v) is 13.4. The quantitative estimate of drug-likeness (QED) is 0.712. The van der Waals surface area contributed by atoms with E-state index in [1.807, 2.05) is 17.5 Å². The molecule has 0 unspecified atom stereocenters. The fourth-order valence-electron chi connectivity index (χ4n) is 2.07. The van der Waals surface area contributed by atoms with Crippen molar-refractivity contribution in [3.05, 3.63) is 65.7 Å². The summed E-state index contributed by atoms with van der Waals surface area (Å²) >= 11 is 1.51. The third-order valence-corrected chi connectivity index (χ3v) is 3.99. The molecule has 0 radical (unpaired) electrons. The van der Waals surface area contributed by atoms with Crippen LogP contribution < -0.4 is 10.1 Å². The van der Waals surface area contributed by atoms with Gasteiger partial charge in [0.1, 0.15) is 10.8 Å². The van der Waals surface area contributed by atoms with E-state index in [1.165, 1.54) is 23.5 Å². The van der Waals surface area contributed by atoms with Crippen molar-refractivity contribution >= 4 is 22.9 Å². The molecular weight excluding hydrogens is 353 g/mol. The second-order valence-corrected chi connectivity index (χ2v) is 5.84. The number of aromatic nitrogens is 1. The van der Waals surface area contributed by atoms with E-state index in [1.54, 1.807) is 18.3 Å². The maximum Gasteiger partial charge on any atom is 0.573 e. The van der Waals surface area contributed by atoms with E-state index in [0.29, 0.717) is 5.69 Å². The molecule has 0 aliphatic heterocycles. The number of nitrogens with zero attached hydrogens (tertiary/aromatic N) is 1. The average Bonchev–Trinajstić information content (AvgIpc) is 3.09. The van der Waals surface area contributed by atoms with Crippen molar-refractivity contribution in [2.45, 2.75) is 6.36 Å². The number of anilines is 1. The van der Waals surface area contributed by atoms with Gasteiger partial charge in [0.15, 0.2) is 0 Å². The van der Waals surface area contributed by atoms with Gasteiger partial charge in [-0.05, 0) is 48.5 Å². The maximum atomic E-state index is 12.1. The molecule has 0 atom stereocenters. The summed E-state index contributed by atoms with van der Waals surface area (Å²) in [4.78, 5) is 16.3. The number of rotatable bonds is 4. The summed E-state index contributed by atoms with van der Waals surface area (Å²) in [5.74, 6) is -0.808. The van der Waals surface area contributed by atoms with Gasteiger partial charge in [0.05, 0.1) is 0 Å². The SMILES string of the molecule is O=C(Nc1ccc(-c2nccs2)cc1)c1ccc(OC(F)(F)F)cc1. The van der Waals surface area contributed by atoms with Crippen molar-refractivity contribution in [2.75, 3.05) is 5.32 Å². The van der Waals surface area contributed by atoms with E-state index in [2.05, 4.69) is 15.0 Å². The second-order valence-electron chi connectivity index (χ2n) is 4.94. The van der Waals surface area contributed by atoms with Gasteiger partial charge in [0, 0.05) is 28.4 Å².